The van der Waals surface area contributed by atoms with Gasteiger partial charge in [-0.15, -0.1) is 0 Å². The van der Waals surface area contributed by atoms with E-state index >= 15 is 0 Å². The zero-order valence-electron chi connectivity index (χ0n) is 25.4. The van der Waals surface area contributed by atoms with Crippen LogP contribution in [-0.2, 0) is 41.3 Å². The zero-order valence-corrected chi connectivity index (χ0v) is 25.4. The Morgan fingerprint density at radius 1 is 0.950 bits per heavy atom. The van der Waals surface area contributed by atoms with Crippen molar-refractivity contribution in [2.24, 2.45) is 0 Å². The maximum atomic E-state index is 12.2. The lowest BCUT2D eigenvalue weighted by atomic mass is 9.77. The van der Waals surface area contributed by atoms with Gasteiger partial charge in [-0.2, -0.15) is 0 Å². The summed E-state index contributed by atoms with van der Waals surface area (Å²) in [7, 11) is 1.11. The summed E-state index contributed by atoms with van der Waals surface area (Å²) in [4.78, 5) is 24.4. The van der Waals surface area contributed by atoms with Crippen LogP contribution in [0.3, 0.4) is 0 Å². The number of benzene rings is 2. The molecule has 0 unspecified atom stereocenters. The fourth-order valence-electron chi connectivity index (χ4n) is 4.41. The number of methoxy groups -OCH3 is 1. The summed E-state index contributed by atoms with van der Waals surface area (Å²) in [6.45, 7) is 16.7. The average Bonchev–Trinajstić information content (AvgIpc) is 3.07. The van der Waals surface area contributed by atoms with Crippen molar-refractivity contribution < 1.29 is 33.1 Å². The number of carbonyl (C=O) groups is 2. The van der Waals surface area contributed by atoms with Crippen molar-refractivity contribution in [3.8, 4) is 16.9 Å². The van der Waals surface area contributed by atoms with Gasteiger partial charge in [-0.3, -0.25) is 9.59 Å². The lowest BCUT2D eigenvalue weighted by Crippen LogP contribution is -2.41. The first-order valence-corrected chi connectivity index (χ1v) is 13.9. The molecule has 1 saturated heterocycles. The Bertz CT molecular complexity index is 1190. The number of esters is 2. The molecule has 2 aromatic carbocycles. The fourth-order valence-corrected chi connectivity index (χ4v) is 4.41. The minimum atomic E-state index is -0.521. The van der Waals surface area contributed by atoms with Crippen LogP contribution in [0, 0.1) is 0 Å². The van der Waals surface area contributed by atoms with E-state index in [0.717, 1.165) is 27.7 Å². The van der Waals surface area contributed by atoms with E-state index in [2.05, 4.69) is 11.4 Å². The van der Waals surface area contributed by atoms with Crippen molar-refractivity contribution in [2.75, 3.05) is 20.3 Å². The molecule has 1 aliphatic heterocycles. The first-order chi connectivity index (χ1) is 18.7. The SMILES string of the molecule is CCOC(=O)Cc1ccc(OC)c(-c2ccc(B3OC(C)(C)C(C)(C)O3)cc2CNCCC(=O)OC(C)(C)C)c1. The molecule has 1 fully saturated rings. The summed E-state index contributed by atoms with van der Waals surface area (Å²) in [5, 5.41) is 3.38. The molecule has 1 N–H and O–H groups in total. The molecule has 9 heteroatoms. The summed E-state index contributed by atoms with van der Waals surface area (Å²) < 4.78 is 28.9. The lowest BCUT2D eigenvalue weighted by Gasteiger charge is -2.32. The summed E-state index contributed by atoms with van der Waals surface area (Å²) in [5.74, 6) is 0.157. The summed E-state index contributed by atoms with van der Waals surface area (Å²) in [6, 6.07) is 11.8. The van der Waals surface area contributed by atoms with Crippen LogP contribution >= 0.6 is 0 Å². The third-order valence-electron chi connectivity index (χ3n) is 7.10. The van der Waals surface area contributed by atoms with Crippen LogP contribution in [0.2, 0.25) is 0 Å². The first-order valence-electron chi connectivity index (χ1n) is 13.9. The molecule has 3 rings (SSSR count). The second kappa shape index (κ2) is 12.7. The molecule has 0 amide bonds. The predicted molar refractivity (Wildman–Crippen MR) is 157 cm³/mol. The van der Waals surface area contributed by atoms with Gasteiger partial charge in [-0.25, -0.2) is 0 Å². The van der Waals surface area contributed by atoms with E-state index in [0.29, 0.717) is 25.4 Å². The van der Waals surface area contributed by atoms with Gasteiger partial charge in [-0.05, 0) is 89.7 Å². The van der Waals surface area contributed by atoms with E-state index < -0.39 is 23.9 Å². The highest BCUT2D eigenvalue weighted by Crippen LogP contribution is 2.38. The third kappa shape index (κ3) is 8.09. The normalized spacial score (nSPS) is 16.1. The molecule has 0 aliphatic carbocycles. The smallest absolute Gasteiger partial charge is 0.494 e. The van der Waals surface area contributed by atoms with E-state index in [-0.39, 0.29) is 24.8 Å². The molecule has 8 nitrogen and oxygen atoms in total. The summed E-state index contributed by atoms with van der Waals surface area (Å²) in [5.41, 5.74) is 3.04. The monoisotopic (exact) mass is 553 g/mol. The fraction of sp³-hybridized carbons (Fsp3) is 0.548. The maximum Gasteiger partial charge on any atom is 0.494 e. The minimum Gasteiger partial charge on any atom is -0.496 e. The maximum absolute atomic E-state index is 12.2. The van der Waals surface area contributed by atoms with Gasteiger partial charge in [0.2, 0.25) is 0 Å². The van der Waals surface area contributed by atoms with E-state index in [1.807, 2.05) is 78.8 Å². The number of ether oxygens (including phenoxy) is 3. The molecule has 0 radical (unpaired) electrons. The van der Waals surface area contributed by atoms with Gasteiger partial charge in [0.1, 0.15) is 11.4 Å². The number of carbonyl (C=O) groups excluding carboxylic acids is 2. The third-order valence-corrected chi connectivity index (χ3v) is 7.10. The quantitative estimate of drug-likeness (QED) is 0.246. The van der Waals surface area contributed by atoms with Crippen LogP contribution < -0.4 is 15.5 Å². The van der Waals surface area contributed by atoms with Crippen molar-refractivity contribution >= 4 is 24.5 Å². The van der Waals surface area contributed by atoms with Gasteiger partial charge >= 0.3 is 19.1 Å². The van der Waals surface area contributed by atoms with Crippen molar-refractivity contribution in [3.63, 3.8) is 0 Å². The summed E-state index contributed by atoms with van der Waals surface area (Å²) >= 11 is 0. The molecule has 0 atom stereocenters. The second-order valence-electron chi connectivity index (χ2n) is 12.0. The molecule has 0 aromatic heterocycles. The summed E-state index contributed by atoms with van der Waals surface area (Å²) in [6.07, 6.45) is 0.419. The highest BCUT2D eigenvalue weighted by molar-refractivity contribution is 6.62. The van der Waals surface area contributed by atoms with Crippen LogP contribution in [-0.4, -0.2) is 56.1 Å². The van der Waals surface area contributed by atoms with Gasteiger partial charge in [0.05, 0.1) is 37.8 Å². The van der Waals surface area contributed by atoms with Crippen molar-refractivity contribution in [1.82, 2.24) is 5.32 Å². The number of nitrogens with one attached hydrogen (secondary N) is 1. The van der Waals surface area contributed by atoms with Crippen LogP contribution in [0.15, 0.2) is 36.4 Å². The van der Waals surface area contributed by atoms with E-state index in [4.69, 9.17) is 23.5 Å². The minimum absolute atomic E-state index is 0.167. The van der Waals surface area contributed by atoms with Gasteiger partial charge in [0, 0.05) is 18.7 Å². The largest absolute Gasteiger partial charge is 0.496 e. The Labute approximate surface area is 239 Å². The van der Waals surface area contributed by atoms with E-state index in [1.54, 1.807) is 14.0 Å². The van der Waals surface area contributed by atoms with Crippen molar-refractivity contribution in [1.29, 1.82) is 0 Å². The Morgan fingerprint density at radius 3 is 2.23 bits per heavy atom. The molecule has 218 valence electrons. The Hall–Kier alpha value is -2.88. The first kappa shape index (κ1) is 31.6. The van der Waals surface area contributed by atoms with Crippen LogP contribution in [0.5, 0.6) is 5.75 Å². The molecule has 0 saturated carbocycles. The van der Waals surface area contributed by atoms with Crippen LogP contribution in [0.4, 0.5) is 0 Å². The van der Waals surface area contributed by atoms with Crippen LogP contribution in [0.1, 0.15) is 72.9 Å². The molecule has 0 bridgehead atoms. The highest BCUT2D eigenvalue weighted by Gasteiger charge is 2.51. The molecular weight excluding hydrogens is 509 g/mol. The molecule has 2 aromatic rings. The molecule has 1 aliphatic rings. The number of hydrogen-bond donors (Lipinski definition) is 1. The predicted octanol–water partition coefficient (Wildman–Crippen LogP) is 4.59. The molecule has 0 spiro atoms. The Balaban J connectivity index is 1.93. The second-order valence-corrected chi connectivity index (χ2v) is 12.0. The molecule has 40 heavy (non-hydrogen) atoms. The Morgan fingerprint density at radius 2 is 1.62 bits per heavy atom. The number of rotatable bonds is 11. The van der Waals surface area contributed by atoms with Gasteiger partial charge in [0.15, 0.2) is 0 Å². The van der Waals surface area contributed by atoms with Gasteiger partial charge in [0.25, 0.3) is 0 Å². The van der Waals surface area contributed by atoms with Gasteiger partial charge in [-0.1, -0.05) is 24.3 Å². The van der Waals surface area contributed by atoms with E-state index in [1.165, 1.54) is 0 Å². The number of hydrogen-bond acceptors (Lipinski definition) is 8. The van der Waals surface area contributed by atoms with Gasteiger partial charge < -0.3 is 28.8 Å². The lowest BCUT2D eigenvalue weighted by molar-refractivity contribution is -0.154. The standard InChI is InChI=1S/C31H44BNO7/c1-10-37-28(35)18-21-11-14-26(36-9)25(17-21)24-13-12-23(32-39-30(5,6)31(7,8)40-32)19-22(24)20-33-16-15-27(34)38-29(2,3)4/h11-14,17,19,33H,10,15-16,18,20H2,1-9H3. The Kier molecular flexibility index (Phi) is 10.1. The zero-order chi connectivity index (χ0) is 29.7. The van der Waals surface area contributed by atoms with Crippen molar-refractivity contribution in [2.45, 2.75) is 91.6 Å². The molecule has 1 heterocycles. The van der Waals surface area contributed by atoms with Crippen LogP contribution in [0.25, 0.3) is 11.1 Å². The van der Waals surface area contributed by atoms with Crippen molar-refractivity contribution in [3.05, 3.63) is 47.5 Å². The molecular formula is C31H44BNO7. The topological polar surface area (TPSA) is 92.3 Å². The average molecular weight is 554 g/mol. The van der Waals surface area contributed by atoms with E-state index in [9.17, 15) is 9.59 Å². The highest BCUT2D eigenvalue weighted by atomic mass is 16.7.